The number of piperidine rings is 1. The zero-order chi connectivity index (χ0) is 6.69. The van der Waals surface area contributed by atoms with E-state index in [1.54, 1.807) is 0 Å². The van der Waals surface area contributed by atoms with Crippen LogP contribution in [0.2, 0.25) is 0 Å². The molecule has 0 radical (unpaired) electrons. The van der Waals surface area contributed by atoms with Gasteiger partial charge in [0.25, 0.3) is 0 Å². The predicted molar refractivity (Wildman–Crippen MR) is 39.2 cm³/mol. The molecule has 2 atom stereocenters. The number of nitrogens with one attached hydrogen (secondary N) is 1. The molecule has 1 saturated heterocycles. The Hall–Kier alpha value is -0.0800. The smallest absolute Gasteiger partial charge is 0.0192 e. The summed E-state index contributed by atoms with van der Waals surface area (Å²) in [6, 6.07) is 0.591. The van der Waals surface area contributed by atoms with Gasteiger partial charge >= 0.3 is 0 Å². The lowest BCUT2D eigenvalue weighted by Gasteiger charge is -2.26. The van der Waals surface area contributed by atoms with Gasteiger partial charge in [0.2, 0.25) is 0 Å². The Morgan fingerprint density at radius 2 is 2.44 bits per heavy atom. The maximum atomic E-state index is 5.50. The van der Waals surface area contributed by atoms with Crippen molar-refractivity contribution in [3.05, 3.63) is 0 Å². The molecule has 0 spiro atoms. The minimum atomic E-state index is 0.591. The van der Waals surface area contributed by atoms with Gasteiger partial charge in [-0.2, -0.15) is 0 Å². The number of hydrogen-bond donors (Lipinski definition) is 2. The molecule has 0 aliphatic carbocycles. The maximum Gasteiger partial charge on any atom is 0.0192 e. The summed E-state index contributed by atoms with van der Waals surface area (Å²) in [7, 11) is 0. The van der Waals surface area contributed by atoms with E-state index < -0.39 is 0 Å². The van der Waals surface area contributed by atoms with Gasteiger partial charge in [-0.1, -0.05) is 6.92 Å². The van der Waals surface area contributed by atoms with Crippen molar-refractivity contribution in [3.63, 3.8) is 0 Å². The molecule has 0 unspecified atom stereocenters. The third-order valence-corrected chi connectivity index (χ3v) is 2.04. The molecule has 2 nitrogen and oxygen atoms in total. The molecule has 0 saturated carbocycles. The molecule has 1 rings (SSSR count). The van der Waals surface area contributed by atoms with Crippen LogP contribution in [0.15, 0.2) is 0 Å². The van der Waals surface area contributed by atoms with Crippen molar-refractivity contribution in [1.29, 1.82) is 0 Å². The molecular weight excluding hydrogens is 112 g/mol. The first kappa shape index (κ1) is 7.03. The molecule has 1 fully saturated rings. The summed E-state index contributed by atoms with van der Waals surface area (Å²) in [5, 5.41) is 3.37. The van der Waals surface area contributed by atoms with Crippen LogP contribution in [-0.4, -0.2) is 19.1 Å². The van der Waals surface area contributed by atoms with E-state index in [9.17, 15) is 0 Å². The van der Waals surface area contributed by atoms with Gasteiger partial charge in [-0.3, -0.25) is 0 Å². The molecule has 2 heteroatoms. The molecule has 3 N–H and O–H groups in total. The third kappa shape index (κ3) is 1.95. The molecular formula is C7H16N2. The first-order valence-corrected chi connectivity index (χ1v) is 3.76. The van der Waals surface area contributed by atoms with Crippen molar-refractivity contribution in [1.82, 2.24) is 5.32 Å². The van der Waals surface area contributed by atoms with Crippen LogP contribution in [0.5, 0.6) is 0 Å². The van der Waals surface area contributed by atoms with Crippen molar-refractivity contribution >= 4 is 0 Å². The minimum Gasteiger partial charge on any atom is -0.329 e. The van der Waals surface area contributed by atoms with Gasteiger partial charge in [-0.25, -0.2) is 0 Å². The van der Waals surface area contributed by atoms with E-state index in [4.69, 9.17) is 5.73 Å². The topological polar surface area (TPSA) is 38.0 Å². The van der Waals surface area contributed by atoms with Gasteiger partial charge < -0.3 is 11.1 Å². The van der Waals surface area contributed by atoms with Crippen molar-refractivity contribution in [2.45, 2.75) is 25.8 Å². The highest BCUT2D eigenvalue weighted by molar-refractivity contribution is 4.76. The Morgan fingerprint density at radius 1 is 1.67 bits per heavy atom. The number of nitrogens with two attached hydrogens (primary N) is 1. The second-order valence-electron chi connectivity index (χ2n) is 3.02. The molecule has 1 aliphatic heterocycles. The van der Waals surface area contributed by atoms with Gasteiger partial charge in [-0.15, -0.1) is 0 Å². The van der Waals surface area contributed by atoms with Crippen LogP contribution in [0.25, 0.3) is 0 Å². The molecule has 0 aromatic rings. The van der Waals surface area contributed by atoms with Crippen molar-refractivity contribution in [3.8, 4) is 0 Å². The molecule has 1 heterocycles. The Labute approximate surface area is 56.8 Å². The summed E-state index contributed by atoms with van der Waals surface area (Å²) >= 11 is 0. The van der Waals surface area contributed by atoms with E-state index in [1.165, 1.54) is 12.8 Å². The summed E-state index contributed by atoms with van der Waals surface area (Å²) in [6.45, 7) is 4.25. The van der Waals surface area contributed by atoms with E-state index in [2.05, 4.69) is 12.2 Å². The minimum absolute atomic E-state index is 0.591. The van der Waals surface area contributed by atoms with Crippen molar-refractivity contribution < 1.29 is 0 Å². The van der Waals surface area contributed by atoms with Gasteiger partial charge in [0.15, 0.2) is 0 Å². The number of rotatable bonds is 1. The average molecular weight is 128 g/mol. The zero-order valence-corrected chi connectivity index (χ0v) is 6.06. The Bertz CT molecular complexity index is 83.0. The first-order chi connectivity index (χ1) is 4.33. The highest BCUT2D eigenvalue weighted by Gasteiger charge is 2.15. The van der Waals surface area contributed by atoms with E-state index in [1.807, 2.05) is 0 Å². The van der Waals surface area contributed by atoms with E-state index in [-0.39, 0.29) is 0 Å². The zero-order valence-electron chi connectivity index (χ0n) is 6.06. The van der Waals surface area contributed by atoms with Crippen molar-refractivity contribution in [2.24, 2.45) is 11.7 Å². The molecule has 0 aromatic carbocycles. The predicted octanol–water partition coefficient (Wildman–Crippen LogP) is 0.333. The summed E-state index contributed by atoms with van der Waals surface area (Å²) in [5.74, 6) is 0.875. The normalized spacial score (nSPS) is 36.7. The molecule has 9 heavy (non-hydrogen) atoms. The van der Waals surface area contributed by atoms with Crippen molar-refractivity contribution in [2.75, 3.05) is 13.1 Å². The standard InChI is InChI=1S/C7H16N2/c1-6-2-3-9-7(4-6)5-8/h6-7,9H,2-5,8H2,1H3/t6-,7-/m1/s1. The van der Waals surface area contributed by atoms with Gasteiger partial charge in [-0.05, 0) is 25.3 Å². The second kappa shape index (κ2) is 3.18. The highest BCUT2D eigenvalue weighted by atomic mass is 14.9. The maximum absolute atomic E-state index is 5.50. The average Bonchev–Trinajstić information content (AvgIpc) is 1.88. The summed E-state index contributed by atoms with van der Waals surface area (Å²) in [4.78, 5) is 0. The fourth-order valence-electron chi connectivity index (χ4n) is 1.40. The summed E-state index contributed by atoms with van der Waals surface area (Å²) < 4.78 is 0. The SMILES string of the molecule is C[C@@H]1CCN[C@@H](CN)C1. The molecule has 54 valence electrons. The largest absolute Gasteiger partial charge is 0.329 e. The van der Waals surface area contributed by atoms with Crippen LogP contribution in [0, 0.1) is 5.92 Å². The van der Waals surface area contributed by atoms with Crippen LogP contribution in [0.1, 0.15) is 19.8 Å². The van der Waals surface area contributed by atoms with Crippen LogP contribution >= 0.6 is 0 Å². The summed E-state index contributed by atoms with van der Waals surface area (Å²) in [5.41, 5.74) is 5.50. The Morgan fingerprint density at radius 3 is 2.89 bits per heavy atom. The van der Waals surface area contributed by atoms with Gasteiger partial charge in [0.1, 0.15) is 0 Å². The Balaban J connectivity index is 2.23. The van der Waals surface area contributed by atoms with Crippen LogP contribution in [-0.2, 0) is 0 Å². The molecule has 0 aromatic heterocycles. The van der Waals surface area contributed by atoms with Crippen LogP contribution < -0.4 is 11.1 Å². The van der Waals surface area contributed by atoms with Crippen LogP contribution in [0.3, 0.4) is 0 Å². The molecule has 1 aliphatic rings. The lowest BCUT2D eigenvalue weighted by Crippen LogP contribution is -2.42. The van der Waals surface area contributed by atoms with E-state index in [0.29, 0.717) is 6.04 Å². The Kier molecular flexibility index (Phi) is 2.49. The fraction of sp³-hybridized carbons (Fsp3) is 1.00. The third-order valence-electron chi connectivity index (χ3n) is 2.04. The summed E-state index contributed by atoms with van der Waals surface area (Å²) in [6.07, 6.45) is 2.58. The first-order valence-electron chi connectivity index (χ1n) is 3.76. The molecule has 0 amide bonds. The fourth-order valence-corrected chi connectivity index (χ4v) is 1.40. The number of hydrogen-bond acceptors (Lipinski definition) is 2. The van der Waals surface area contributed by atoms with E-state index >= 15 is 0 Å². The van der Waals surface area contributed by atoms with E-state index in [0.717, 1.165) is 19.0 Å². The van der Waals surface area contributed by atoms with Gasteiger partial charge in [0, 0.05) is 12.6 Å². The lowest BCUT2D eigenvalue weighted by atomic mass is 9.94. The quantitative estimate of drug-likeness (QED) is 0.534. The van der Waals surface area contributed by atoms with Crippen LogP contribution in [0.4, 0.5) is 0 Å². The second-order valence-corrected chi connectivity index (χ2v) is 3.02. The molecule has 0 bridgehead atoms. The lowest BCUT2D eigenvalue weighted by molar-refractivity contribution is 0.325. The highest BCUT2D eigenvalue weighted by Crippen LogP contribution is 2.13. The monoisotopic (exact) mass is 128 g/mol. The van der Waals surface area contributed by atoms with Gasteiger partial charge in [0.05, 0.1) is 0 Å².